The maximum absolute atomic E-state index is 10.3. The lowest BCUT2D eigenvalue weighted by atomic mass is 10.2. The molecule has 14 heavy (non-hydrogen) atoms. The van der Waals surface area contributed by atoms with Gasteiger partial charge in [-0.15, -0.1) is 0 Å². The fourth-order valence-electron chi connectivity index (χ4n) is 0.882. The van der Waals surface area contributed by atoms with E-state index in [1.165, 1.54) is 30.3 Å². The molecule has 0 saturated carbocycles. The lowest BCUT2D eigenvalue weighted by Crippen LogP contribution is -1.87. The summed E-state index contributed by atoms with van der Waals surface area (Å²) in [6, 6.07) is 7.44. The zero-order valence-electron chi connectivity index (χ0n) is 6.98. The summed E-state index contributed by atoms with van der Waals surface area (Å²) in [5, 5.41) is 18.9. The number of hydrogen-bond acceptors (Lipinski definition) is 3. The highest BCUT2D eigenvalue weighted by molar-refractivity contribution is 6.48. The number of nitrogens with zero attached hydrogens (tertiary/aromatic N) is 2. The van der Waals surface area contributed by atoms with Gasteiger partial charge in [-0.2, -0.15) is 5.26 Å². The second-order valence-electron chi connectivity index (χ2n) is 2.43. The van der Waals surface area contributed by atoms with Crippen LogP contribution in [-0.4, -0.2) is 4.92 Å². The van der Waals surface area contributed by atoms with E-state index in [2.05, 4.69) is 0 Å². The largest absolute Gasteiger partial charge is 0.269 e. The van der Waals surface area contributed by atoms with Crippen LogP contribution in [0.15, 0.2) is 30.3 Å². The molecule has 0 amide bonds. The molecular weight excluding hydrogens is 204 g/mol. The Labute approximate surface area is 85.2 Å². The molecule has 0 atom stereocenters. The summed E-state index contributed by atoms with van der Waals surface area (Å²) in [5.41, 5.74) is 0.578. The van der Waals surface area contributed by atoms with Crippen LogP contribution in [0.4, 0.5) is 5.69 Å². The van der Waals surface area contributed by atoms with E-state index in [4.69, 9.17) is 16.9 Å². The molecule has 0 aliphatic heterocycles. The molecule has 0 bridgehead atoms. The van der Waals surface area contributed by atoms with Crippen LogP contribution in [0.25, 0.3) is 5.03 Å². The Hall–Kier alpha value is -1.86. The van der Waals surface area contributed by atoms with E-state index in [-0.39, 0.29) is 10.7 Å². The molecule has 0 spiro atoms. The van der Waals surface area contributed by atoms with Gasteiger partial charge in [-0.05, 0) is 17.7 Å². The molecule has 5 heteroatoms. The molecule has 70 valence electrons. The summed E-state index contributed by atoms with van der Waals surface area (Å²) in [6.07, 6.45) is 1.17. The van der Waals surface area contributed by atoms with Crippen LogP contribution in [0.3, 0.4) is 0 Å². The van der Waals surface area contributed by atoms with E-state index in [9.17, 15) is 10.1 Å². The van der Waals surface area contributed by atoms with Gasteiger partial charge in [0, 0.05) is 18.2 Å². The van der Waals surface area contributed by atoms with Crippen molar-refractivity contribution in [2.75, 3.05) is 0 Å². The van der Waals surface area contributed by atoms with E-state index < -0.39 is 4.92 Å². The van der Waals surface area contributed by atoms with Crippen LogP contribution in [0.2, 0.25) is 0 Å². The minimum atomic E-state index is -0.494. The SMILES string of the molecule is N#C/C=C(\Cl)c1ccc([N+](=O)[O-])cc1. The van der Waals surface area contributed by atoms with E-state index in [0.717, 1.165) is 0 Å². The average Bonchev–Trinajstić information content (AvgIpc) is 2.18. The van der Waals surface area contributed by atoms with Crippen molar-refractivity contribution in [3.63, 3.8) is 0 Å². The fourth-order valence-corrected chi connectivity index (χ4v) is 1.06. The molecule has 4 nitrogen and oxygen atoms in total. The molecule has 0 radical (unpaired) electrons. The lowest BCUT2D eigenvalue weighted by Gasteiger charge is -1.96. The van der Waals surface area contributed by atoms with Gasteiger partial charge in [0.05, 0.1) is 16.0 Å². The van der Waals surface area contributed by atoms with Gasteiger partial charge in [0.15, 0.2) is 0 Å². The fraction of sp³-hybridized carbons (Fsp3) is 0. The number of nitro groups is 1. The number of non-ortho nitro benzene ring substituents is 1. The Morgan fingerprint density at radius 3 is 2.50 bits per heavy atom. The number of hydrogen-bond donors (Lipinski definition) is 0. The van der Waals surface area contributed by atoms with Crippen molar-refractivity contribution in [1.82, 2.24) is 0 Å². The van der Waals surface area contributed by atoms with Gasteiger partial charge in [0.2, 0.25) is 0 Å². The quantitative estimate of drug-likeness (QED) is 0.426. The number of nitriles is 1. The Balaban J connectivity index is 3.01. The smallest absolute Gasteiger partial charge is 0.258 e. The van der Waals surface area contributed by atoms with Crippen LogP contribution in [-0.2, 0) is 0 Å². The summed E-state index contributed by atoms with van der Waals surface area (Å²) >= 11 is 5.71. The molecule has 0 aliphatic carbocycles. The number of allylic oxidation sites excluding steroid dienone is 1. The van der Waals surface area contributed by atoms with Crippen molar-refractivity contribution in [2.45, 2.75) is 0 Å². The Kier molecular flexibility index (Phi) is 3.21. The minimum absolute atomic E-state index is 0.00447. The molecule has 0 saturated heterocycles. The van der Waals surface area contributed by atoms with Crippen molar-refractivity contribution in [3.8, 4) is 6.07 Å². The first-order chi connectivity index (χ1) is 6.65. The number of nitro benzene ring substituents is 1. The molecule has 0 aromatic heterocycles. The lowest BCUT2D eigenvalue weighted by molar-refractivity contribution is -0.384. The molecule has 0 aliphatic rings. The molecule has 0 heterocycles. The second kappa shape index (κ2) is 4.40. The number of rotatable bonds is 2. The predicted molar refractivity (Wildman–Crippen MR) is 52.5 cm³/mol. The maximum Gasteiger partial charge on any atom is 0.269 e. The molecule has 1 aromatic rings. The van der Waals surface area contributed by atoms with Crippen molar-refractivity contribution >= 4 is 22.3 Å². The summed E-state index contributed by atoms with van der Waals surface area (Å²) < 4.78 is 0. The third kappa shape index (κ3) is 2.31. The topological polar surface area (TPSA) is 66.9 Å². The highest BCUT2D eigenvalue weighted by atomic mass is 35.5. The third-order valence-corrected chi connectivity index (χ3v) is 1.87. The summed E-state index contributed by atoms with van der Waals surface area (Å²) in [4.78, 5) is 9.82. The van der Waals surface area contributed by atoms with Crippen LogP contribution >= 0.6 is 11.6 Å². The first-order valence-corrected chi connectivity index (χ1v) is 4.03. The average molecular weight is 209 g/mol. The summed E-state index contributed by atoms with van der Waals surface area (Å²) in [5.74, 6) is 0. The van der Waals surface area contributed by atoms with E-state index >= 15 is 0 Å². The van der Waals surface area contributed by atoms with Gasteiger partial charge in [-0.1, -0.05) is 11.6 Å². The van der Waals surface area contributed by atoms with Gasteiger partial charge < -0.3 is 0 Å². The third-order valence-electron chi connectivity index (χ3n) is 1.55. The molecule has 0 fully saturated rings. The second-order valence-corrected chi connectivity index (χ2v) is 2.83. The van der Waals surface area contributed by atoms with Crippen molar-refractivity contribution < 1.29 is 4.92 Å². The van der Waals surface area contributed by atoms with Crippen LogP contribution in [0, 0.1) is 21.4 Å². The molecule has 0 N–H and O–H groups in total. The first kappa shape index (κ1) is 10.2. The van der Waals surface area contributed by atoms with Crippen molar-refractivity contribution in [3.05, 3.63) is 46.0 Å². The summed E-state index contributed by atoms with van der Waals surface area (Å²) in [6.45, 7) is 0. The van der Waals surface area contributed by atoms with Gasteiger partial charge in [-0.25, -0.2) is 0 Å². The normalized spacial score (nSPS) is 10.7. The summed E-state index contributed by atoms with van der Waals surface area (Å²) in [7, 11) is 0. The highest BCUT2D eigenvalue weighted by Crippen LogP contribution is 2.21. The zero-order valence-corrected chi connectivity index (χ0v) is 7.73. The van der Waals surface area contributed by atoms with Gasteiger partial charge >= 0.3 is 0 Å². The van der Waals surface area contributed by atoms with Gasteiger partial charge in [0.25, 0.3) is 5.69 Å². The minimum Gasteiger partial charge on any atom is -0.258 e. The van der Waals surface area contributed by atoms with E-state index in [1.54, 1.807) is 6.07 Å². The van der Waals surface area contributed by atoms with Crippen LogP contribution in [0.5, 0.6) is 0 Å². The Bertz CT molecular complexity index is 417. The van der Waals surface area contributed by atoms with Gasteiger partial charge in [-0.3, -0.25) is 10.1 Å². The van der Waals surface area contributed by atoms with Crippen LogP contribution in [0.1, 0.15) is 5.56 Å². The predicted octanol–water partition coefficient (Wildman–Crippen LogP) is 2.70. The molecule has 1 aromatic carbocycles. The van der Waals surface area contributed by atoms with Crippen molar-refractivity contribution in [1.29, 1.82) is 5.26 Å². The molecular formula is C9H5ClN2O2. The Morgan fingerprint density at radius 1 is 1.50 bits per heavy atom. The van der Waals surface area contributed by atoms with Crippen molar-refractivity contribution in [2.24, 2.45) is 0 Å². The van der Waals surface area contributed by atoms with E-state index in [1.807, 2.05) is 0 Å². The number of halogens is 1. The molecule has 0 unspecified atom stereocenters. The number of benzene rings is 1. The van der Waals surface area contributed by atoms with Crippen LogP contribution < -0.4 is 0 Å². The Morgan fingerprint density at radius 2 is 2.07 bits per heavy atom. The standard InChI is InChI=1S/C9H5ClN2O2/c10-9(5-6-11)7-1-3-8(4-2-7)12(13)14/h1-5H/b9-5-. The molecule has 1 rings (SSSR count). The zero-order chi connectivity index (χ0) is 10.6. The monoisotopic (exact) mass is 208 g/mol. The van der Waals surface area contributed by atoms with Gasteiger partial charge in [0.1, 0.15) is 0 Å². The van der Waals surface area contributed by atoms with E-state index in [0.29, 0.717) is 5.56 Å². The highest BCUT2D eigenvalue weighted by Gasteiger charge is 2.04. The maximum atomic E-state index is 10.3. The first-order valence-electron chi connectivity index (χ1n) is 3.65.